The number of esters is 1. The van der Waals surface area contributed by atoms with E-state index in [1.807, 2.05) is 0 Å². The third-order valence-electron chi connectivity index (χ3n) is 2.34. The Morgan fingerprint density at radius 3 is 2.38 bits per heavy atom. The van der Waals surface area contributed by atoms with Gasteiger partial charge in [-0.05, 0) is 26.0 Å². The maximum Gasteiger partial charge on any atom is 0.360 e. The fraction of sp³-hybridized carbons (Fsp3) is 0.385. The Kier molecular flexibility index (Phi) is 5.74. The van der Waals surface area contributed by atoms with Gasteiger partial charge < -0.3 is 9.57 Å². The zero-order valence-corrected chi connectivity index (χ0v) is 13.7. The Morgan fingerprint density at radius 1 is 1.33 bits per heavy atom. The lowest BCUT2D eigenvalue weighted by molar-refractivity contribution is -0.132. The maximum absolute atomic E-state index is 11.7. The minimum absolute atomic E-state index is 0.00356. The van der Waals surface area contributed by atoms with Gasteiger partial charge in [-0.2, -0.15) is 0 Å². The molecule has 6 nitrogen and oxygen atoms in total. The van der Waals surface area contributed by atoms with Crippen LogP contribution in [0.25, 0.3) is 0 Å². The smallest absolute Gasteiger partial charge is 0.360 e. The molecule has 0 aliphatic heterocycles. The molecule has 0 N–H and O–H groups in total. The van der Waals surface area contributed by atoms with Crippen LogP contribution in [0.4, 0.5) is 0 Å². The molecule has 0 fully saturated rings. The summed E-state index contributed by atoms with van der Waals surface area (Å²) in [6.45, 7) is 3.50. The Hall–Kier alpha value is -1.60. The van der Waals surface area contributed by atoms with Gasteiger partial charge in [0.25, 0.3) is 0 Å². The van der Waals surface area contributed by atoms with E-state index in [1.54, 1.807) is 13.8 Å². The lowest BCUT2D eigenvalue weighted by Gasteiger charge is -2.09. The van der Waals surface area contributed by atoms with E-state index >= 15 is 0 Å². The van der Waals surface area contributed by atoms with Crippen molar-refractivity contribution >= 4 is 33.1 Å². The second-order valence-electron chi connectivity index (χ2n) is 4.50. The summed E-state index contributed by atoms with van der Waals surface area (Å²) in [5, 5.41) is 3.73. The lowest BCUT2D eigenvalue weighted by Crippen LogP contribution is -2.18. The quantitative estimate of drug-likeness (QED) is 0.468. The Balaban J connectivity index is 3.31. The molecule has 0 heterocycles. The molecule has 8 heteroatoms. The van der Waals surface area contributed by atoms with Crippen LogP contribution >= 0.6 is 11.6 Å². The predicted molar refractivity (Wildman–Crippen MR) is 79.3 cm³/mol. The van der Waals surface area contributed by atoms with E-state index in [-0.39, 0.29) is 21.7 Å². The molecule has 0 unspecified atom stereocenters. The van der Waals surface area contributed by atoms with Crippen LogP contribution in [0.5, 0.6) is 0 Å². The normalized spacial score (nSPS) is 12.4. The molecule has 0 saturated carbocycles. The molecule has 0 aliphatic rings. The van der Waals surface area contributed by atoms with Gasteiger partial charge in [0.2, 0.25) is 0 Å². The summed E-state index contributed by atoms with van der Waals surface area (Å²) in [4.78, 5) is 16.7. The Morgan fingerprint density at radius 2 is 1.95 bits per heavy atom. The first-order valence-electron chi connectivity index (χ1n) is 5.99. The zero-order chi connectivity index (χ0) is 16.2. The zero-order valence-electron chi connectivity index (χ0n) is 12.1. The number of nitrogens with zero attached hydrogens (tertiary/aromatic N) is 1. The monoisotopic (exact) mass is 333 g/mol. The van der Waals surface area contributed by atoms with Crippen molar-refractivity contribution in [1.29, 1.82) is 0 Å². The van der Waals surface area contributed by atoms with Crippen LogP contribution in [0.2, 0.25) is 5.02 Å². The van der Waals surface area contributed by atoms with Crippen molar-refractivity contribution < 1.29 is 22.8 Å². The van der Waals surface area contributed by atoms with Crippen LogP contribution in [0, 0.1) is 0 Å². The average Bonchev–Trinajstić information content (AvgIpc) is 2.36. The molecule has 0 saturated heterocycles. The molecule has 21 heavy (non-hydrogen) atoms. The molecule has 1 aromatic rings. The van der Waals surface area contributed by atoms with Crippen molar-refractivity contribution in [2.75, 3.05) is 13.4 Å². The summed E-state index contributed by atoms with van der Waals surface area (Å²) in [5.41, 5.74) is 0.216. The van der Waals surface area contributed by atoms with Crippen LogP contribution in [0.1, 0.15) is 19.4 Å². The maximum atomic E-state index is 11.7. The second kappa shape index (κ2) is 6.91. The molecule has 116 valence electrons. The molecule has 0 radical (unpaired) electrons. The molecule has 1 aromatic carbocycles. The fourth-order valence-corrected chi connectivity index (χ4v) is 2.74. The Labute approximate surface area is 128 Å². The van der Waals surface area contributed by atoms with Crippen LogP contribution in [0.3, 0.4) is 0 Å². The molecule has 0 bridgehead atoms. The minimum Gasteiger partial charge on any atom is -0.464 e. The molecule has 0 atom stereocenters. The second-order valence-corrected chi connectivity index (χ2v) is 6.89. The summed E-state index contributed by atoms with van der Waals surface area (Å²) in [5.74, 6) is -0.709. The van der Waals surface area contributed by atoms with Gasteiger partial charge in [0, 0.05) is 11.8 Å². The minimum atomic E-state index is -3.45. The Bertz CT molecular complexity index is 667. The number of hydrogen-bond acceptors (Lipinski definition) is 6. The molecular formula is C13H16ClNO5S. The molecule has 0 amide bonds. The summed E-state index contributed by atoms with van der Waals surface area (Å²) in [6, 6.07) is 4.06. The number of halogens is 1. The number of rotatable bonds is 5. The van der Waals surface area contributed by atoms with Gasteiger partial charge >= 0.3 is 5.97 Å². The van der Waals surface area contributed by atoms with Gasteiger partial charge in [0.05, 0.1) is 17.0 Å². The number of hydrogen-bond donors (Lipinski definition) is 0. The van der Waals surface area contributed by atoms with E-state index in [1.165, 1.54) is 25.3 Å². The highest BCUT2D eigenvalue weighted by Crippen LogP contribution is 2.23. The van der Waals surface area contributed by atoms with E-state index < -0.39 is 15.8 Å². The summed E-state index contributed by atoms with van der Waals surface area (Å²) in [6.07, 6.45) is 0.820. The number of benzene rings is 1. The van der Waals surface area contributed by atoms with E-state index in [4.69, 9.17) is 16.4 Å². The van der Waals surface area contributed by atoms with Crippen LogP contribution in [-0.2, 0) is 24.2 Å². The topological polar surface area (TPSA) is 82.0 Å². The number of ether oxygens (including phenoxy) is 1. The van der Waals surface area contributed by atoms with Crippen molar-refractivity contribution in [3.05, 3.63) is 28.8 Å². The van der Waals surface area contributed by atoms with Crippen molar-refractivity contribution in [2.45, 2.75) is 24.8 Å². The van der Waals surface area contributed by atoms with Gasteiger partial charge in [-0.3, -0.25) is 0 Å². The average molecular weight is 334 g/mol. The summed E-state index contributed by atoms with van der Waals surface area (Å²) in [7, 11) is -2.24. The van der Waals surface area contributed by atoms with E-state index in [0.29, 0.717) is 5.56 Å². The van der Waals surface area contributed by atoms with Gasteiger partial charge in [-0.1, -0.05) is 22.8 Å². The highest BCUT2D eigenvalue weighted by Gasteiger charge is 2.19. The summed E-state index contributed by atoms with van der Waals surface area (Å²) < 4.78 is 27.6. The SMILES string of the molecule is COC(=O)/C(=N\OC(C)C)c1ccc(S(C)(=O)=O)c(Cl)c1. The van der Waals surface area contributed by atoms with Gasteiger partial charge in [0.1, 0.15) is 6.10 Å². The van der Waals surface area contributed by atoms with Crippen LogP contribution in [-0.4, -0.2) is 39.6 Å². The molecule has 0 spiro atoms. The van der Waals surface area contributed by atoms with Crippen molar-refractivity contribution in [3.8, 4) is 0 Å². The first-order valence-corrected chi connectivity index (χ1v) is 8.26. The van der Waals surface area contributed by atoms with Crippen LogP contribution < -0.4 is 0 Å². The number of carbonyl (C=O) groups excluding carboxylic acids is 1. The summed E-state index contributed by atoms with van der Waals surface area (Å²) >= 11 is 5.94. The number of sulfone groups is 1. The number of methoxy groups -OCH3 is 1. The third-order valence-corrected chi connectivity index (χ3v) is 3.92. The number of oxime groups is 1. The van der Waals surface area contributed by atoms with E-state index in [2.05, 4.69) is 9.89 Å². The van der Waals surface area contributed by atoms with Crippen molar-refractivity contribution in [2.24, 2.45) is 5.16 Å². The lowest BCUT2D eigenvalue weighted by atomic mass is 10.1. The third kappa shape index (κ3) is 4.71. The largest absolute Gasteiger partial charge is 0.464 e. The first-order chi connectivity index (χ1) is 9.66. The molecule has 0 aromatic heterocycles. The molecule has 0 aliphatic carbocycles. The number of carbonyl (C=O) groups is 1. The fourth-order valence-electron chi connectivity index (χ4n) is 1.41. The molecule has 1 rings (SSSR count). The van der Waals surface area contributed by atoms with Crippen LogP contribution in [0.15, 0.2) is 28.3 Å². The van der Waals surface area contributed by atoms with Crippen molar-refractivity contribution in [3.63, 3.8) is 0 Å². The van der Waals surface area contributed by atoms with Crippen molar-refractivity contribution in [1.82, 2.24) is 0 Å². The first kappa shape index (κ1) is 17.5. The predicted octanol–water partition coefficient (Wildman–Crippen LogP) is 2.05. The standard InChI is InChI=1S/C13H16ClNO5S/c1-8(2)20-15-12(13(16)19-3)9-5-6-11(10(14)7-9)21(4,17)18/h5-8H,1-4H3/b15-12-. The molecular weight excluding hydrogens is 318 g/mol. The van der Waals surface area contributed by atoms with Gasteiger partial charge in [0.15, 0.2) is 15.5 Å². The van der Waals surface area contributed by atoms with Gasteiger partial charge in [-0.25, -0.2) is 13.2 Å². The van der Waals surface area contributed by atoms with Gasteiger partial charge in [-0.15, -0.1) is 0 Å². The highest BCUT2D eigenvalue weighted by atomic mass is 35.5. The van der Waals surface area contributed by atoms with E-state index in [0.717, 1.165) is 6.26 Å². The highest BCUT2D eigenvalue weighted by molar-refractivity contribution is 7.90. The van der Waals surface area contributed by atoms with E-state index in [9.17, 15) is 13.2 Å².